The van der Waals surface area contributed by atoms with Crippen molar-refractivity contribution in [3.63, 3.8) is 0 Å². The van der Waals surface area contributed by atoms with Gasteiger partial charge in [-0.3, -0.25) is 4.90 Å². The van der Waals surface area contributed by atoms with Gasteiger partial charge in [-0.25, -0.2) is 13.6 Å². The number of nitrogens with one attached hydrogen (secondary N) is 1. The summed E-state index contributed by atoms with van der Waals surface area (Å²) in [5.74, 6) is -2.44. The molecule has 0 aromatic heterocycles. The van der Waals surface area contributed by atoms with Crippen LogP contribution in [0.2, 0.25) is 0 Å². The number of carbonyl (C=O) groups is 1. The van der Waals surface area contributed by atoms with Crippen molar-refractivity contribution in [2.24, 2.45) is 11.8 Å². The van der Waals surface area contributed by atoms with Crippen molar-refractivity contribution in [1.82, 2.24) is 9.80 Å². The Hall–Kier alpha value is -1.73. The van der Waals surface area contributed by atoms with Crippen molar-refractivity contribution in [3.05, 3.63) is 29.8 Å². The number of urea groups is 1. The van der Waals surface area contributed by atoms with Gasteiger partial charge in [0.25, 0.3) is 5.92 Å². The second-order valence-electron chi connectivity index (χ2n) is 7.88. The summed E-state index contributed by atoms with van der Waals surface area (Å²) in [6.45, 7) is 5.01. The summed E-state index contributed by atoms with van der Waals surface area (Å²) in [4.78, 5) is 16.3. The number of rotatable bonds is 5. The predicted molar refractivity (Wildman–Crippen MR) is 101 cm³/mol. The van der Waals surface area contributed by atoms with Crippen molar-refractivity contribution in [1.29, 1.82) is 0 Å². The van der Waals surface area contributed by atoms with Crippen LogP contribution >= 0.6 is 0 Å². The molecule has 3 rings (SSSR count). The van der Waals surface area contributed by atoms with Gasteiger partial charge in [0, 0.05) is 31.7 Å². The molecular formula is C20H29F2N3O2. The highest BCUT2D eigenvalue weighted by atomic mass is 19.3. The maximum atomic E-state index is 13.5. The van der Waals surface area contributed by atoms with Gasteiger partial charge in [0.05, 0.1) is 19.2 Å². The molecule has 150 valence electrons. The van der Waals surface area contributed by atoms with Gasteiger partial charge in [0.15, 0.2) is 0 Å². The van der Waals surface area contributed by atoms with Crippen molar-refractivity contribution < 1.29 is 18.7 Å². The first-order valence-electron chi connectivity index (χ1n) is 9.68. The molecule has 5 nitrogen and oxygen atoms in total. The number of benzene rings is 1. The standard InChI is InChI=1S/C20H29F2N3O2/c1-3-15-10-25(19(27)23-16-6-4-5-14(2)9-16)18(12-26)17(15)11-24-8-7-20(21,22)13-24/h4-6,9,15,17-18,26H,3,7-8,10-13H2,1-2H3,(H,23,27)/t15-,17-,18-/m1/s1. The highest BCUT2D eigenvalue weighted by molar-refractivity contribution is 5.89. The topological polar surface area (TPSA) is 55.8 Å². The average molecular weight is 381 g/mol. The summed E-state index contributed by atoms with van der Waals surface area (Å²) >= 11 is 0. The van der Waals surface area contributed by atoms with E-state index in [1.165, 1.54) is 0 Å². The molecule has 2 aliphatic rings. The first-order chi connectivity index (χ1) is 12.8. The van der Waals surface area contributed by atoms with E-state index >= 15 is 0 Å². The minimum atomic E-state index is -2.63. The number of aliphatic hydroxyl groups is 1. The monoisotopic (exact) mass is 381 g/mol. The van der Waals surface area contributed by atoms with Gasteiger partial charge in [0.1, 0.15) is 0 Å². The number of aryl methyl sites for hydroxylation is 1. The number of anilines is 1. The summed E-state index contributed by atoms with van der Waals surface area (Å²) in [6, 6.07) is 6.96. The zero-order chi connectivity index (χ0) is 19.6. The summed E-state index contributed by atoms with van der Waals surface area (Å²) in [7, 11) is 0. The van der Waals surface area contributed by atoms with Gasteiger partial charge >= 0.3 is 6.03 Å². The highest BCUT2D eigenvalue weighted by Crippen LogP contribution is 2.35. The Balaban J connectivity index is 1.70. The Labute approximate surface area is 159 Å². The lowest BCUT2D eigenvalue weighted by molar-refractivity contribution is 0.00917. The second kappa shape index (κ2) is 8.10. The summed E-state index contributed by atoms with van der Waals surface area (Å²) < 4.78 is 27.1. The molecular weight excluding hydrogens is 352 g/mol. The molecule has 2 heterocycles. The third-order valence-electron chi connectivity index (χ3n) is 5.89. The Bertz CT molecular complexity index is 670. The zero-order valence-corrected chi connectivity index (χ0v) is 16.0. The Kier molecular flexibility index (Phi) is 6.01. The molecule has 0 aliphatic carbocycles. The van der Waals surface area contributed by atoms with Crippen LogP contribution in [0.5, 0.6) is 0 Å². The van der Waals surface area contributed by atoms with Gasteiger partial charge < -0.3 is 15.3 Å². The predicted octanol–water partition coefficient (Wildman–Crippen LogP) is 3.19. The van der Waals surface area contributed by atoms with Crippen molar-refractivity contribution in [2.75, 3.05) is 38.1 Å². The molecule has 2 N–H and O–H groups in total. The van der Waals surface area contributed by atoms with Crippen LogP contribution < -0.4 is 5.32 Å². The van der Waals surface area contributed by atoms with E-state index in [0.29, 0.717) is 25.3 Å². The number of likely N-dealkylation sites (tertiary alicyclic amines) is 2. The van der Waals surface area contributed by atoms with Crippen LogP contribution in [0.4, 0.5) is 19.3 Å². The van der Waals surface area contributed by atoms with E-state index in [-0.39, 0.29) is 43.5 Å². The molecule has 1 aromatic rings. The number of alkyl halides is 2. The minimum Gasteiger partial charge on any atom is -0.394 e. The fraction of sp³-hybridized carbons (Fsp3) is 0.650. The molecule has 27 heavy (non-hydrogen) atoms. The summed E-state index contributed by atoms with van der Waals surface area (Å²) in [5, 5.41) is 12.9. The van der Waals surface area contributed by atoms with Gasteiger partial charge in [0.2, 0.25) is 0 Å². The second-order valence-corrected chi connectivity index (χ2v) is 7.88. The van der Waals surface area contributed by atoms with E-state index < -0.39 is 5.92 Å². The third-order valence-corrected chi connectivity index (χ3v) is 5.89. The lowest BCUT2D eigenvalue weighted by atomic mass is 9.88. The largest absolute Gasteiger partial charge is 0.394 e. The molecule has 0 unspecified atom stereocenters. The van der Waals surface area contributed by atoms with Crippen molar-refractivity contribution in [3.8, 4) is 0 Å². The van der Waals surface area contributed by atoms with E-state index in [1.54, 1.807) is 9.80 Å². The minimum absolute atomic E-state index is 0.00263. The maximum absolute atomic E-state index is 13.5. The van der Waals surface area contributed by atoms with Gasteiger partial charge in [-0.15, -0.1) is 0 Å². The van der Waals surface area contributed by atoms with Gasteiger partial charge in [-0.2, -0.15) is 0 Å². The van der Waals surface area contributed by atoms with Crippen LogP contribution in [-0.2, 0) is 0 Å². The molecule has 0 radical (unpaired) electrons. The Morgan fingerprint density at radius 3 is 2.78 bits per heavy atom. The van der Waals surface area contributed by atoms with E-state index in [9.17, 15) is 18.7 Å². The molecule has 2 amide bonds. The molecule has 2 saturated heterocycles. The van der Waals surface area contributed by atoms with Crippen LogP contribution in [0.1, 0.15) is 25.3 Å². The number of hydrogen-bond donors (Lipinski definition) is 2. The fourth-order valence-electron chi connectivity index (χ4n) is 4.42. The number of aliphatic hydroxyl groups excluding tert-OH is 1. The Morgan fingerprint density at radius 1 is 1.41 bits per heavy atom. The van der Waals surface area contributed by atoms with Crippen LogP contribution in [0, 0.1) is 18.8 Å². The third kappa shape index (κ3) is 4.58. The summed E-state index contributed by atoms with van der Waals surface area (Å²) in [5.41, 5.74) is 1.76. The average Bonchev–Trinajstić information content (AvgIpc) is 3.14. The Morgan fingerprint density at radius 2 is 2.19 bits per heavy atom. The van der Waals surface area contributed by atoms with E-state index in [0.717, 1.165) is 12.0 Å². The molecule has 2 fully saturated rings. The van der Waals surface area contributed by atoms with Crippen LogP contribution in [0.15, 0.2) is 24.3 Å². The first kappa shape index (κ1) is 20.0. The van der Waals surface area contributed by atoms with Gasteiger partial charge in [-0.1, -0.05) is 25.5 Å². The van der Waals surface area contributed by atoms with Crippen LogP contribution in [0.25, 0.3) is 0 Å². The summed E-state index contributed by atoms with van der Waals surface area (Å²) in [6.07, 6.45) is 0.734. The molecule has 7 heteroatoms. The number of hydrogen-bond acceptors (Lipinski definition) is 3. The molecule has 1 aromatic carbocycles. The number of nitrogens with zero attached hydrogens (tertiary/aromatic N) is 2. The number of amides is 2. The smallest absolute Gasteiger partial charge is 0.322 e. The van der Waals surface area contributed by atoms with Gasteiger partial charge in [-0.05, 0) is 36.5 Å². The van der Waals surface area contributed by atoms with E-state index in [2.05, 4.69) is 5.32 Å². The normalized spacial score (nSPS) is 27.9. The fourth-order valence-corrected chi connectivity index (χ4v) is 4.42. The zero-order valence-electron chi connectivity index (χ0n) is 16.0. The first-order valence-corrected chi connectivity index (χ1v) is 9.68. The van der Waals surface area contributed by atoms with E-state index in [1.807, 2.05) is 38.1 Å². The molecule has 0 bridgehead atoms. The molecule has 0 saturated carbocycles. The highest BCUT2D eigenvalue weighted by Gasteiger charge is 2.46. The lowest BCUT2D eigenvalue weighted by Gasteiger charge is -2.30. The quantitative estimate of drug-likeness (QED) is 0.824. The molecule has 2 aliphatic heterocycles. The number of carbonyl (C=O) groups excluding carboxylic acids is 1. The van der Waals surface area contributed by atoms with Crippen molar-refractivity contribution >= 4 is 11.7 Å². The van der Waals surface area contributed by atoms with Crippen LogP contribution in [0.3, 0.4) is 0 Å². The maximum Gasteiger partial charge on any atom is 0.322 e. The number of halogens is 2. The molecule has 0 spiro atoms. The lowest BCUT2D eigenvalue weighted by Crippen LogP contribution is -2.45. The molecule has 3 atom stereocenters. The van der Waals surface area contributed by atoms with Crippen molar-refractivity contribution in [2.45, 2.75) is 38.7 Å². The SMILES string of the molecule is CC[C@@H]1CN(C(=O)Nc2cccc(C)c2)[C@H](CO)[C@@H]1CN1CCC(F)(F)C1. The van der Waals surface area contributed by atoms with E-state index in [4.69, 9.17) is 0 Å². The van der Waals surface area contributed by atoms with Crippen LogP contribution in [-0.4, -0.2) is 65.7 Å².